The molecule has 1 aromatic heterocycles. The maximum atomic E-state index is 13.7. The Kier molecular flexibility index (Phi) is 3.89. The zero-order valence-electron chi connectivity index (χ0n) is 12.6. The minimum atomic E-state index is -0.606. The second-order valence-electron chi connectivity index (χ2n) is 5.21. The first-order valence-electron chi connectivity index (χ1n) is 7.02. The lowest BCUT2D eigenvalue weighted by molar-refractivity contribution is 0.102. The van der Waals surface area contributed by atoms with Crippen molar-refractivity contribution in [3.05, 3.63) is 65.0 Å². The maximum absolute atomic E-state index is 13.7. The Morgan fingerprint density at radius 1 is 1.13 bits per heavy atom. The number of anilines is 1. The van der Waals surface area contributed by atoms with Crippen molar-refractivity contribution in [1.29, 1.82) is 0 Å². The number of carbonyl (C=O) groups excluding carboxylic acids is 1. The molecular formula is C17H14FN3O2. The number of aryl methyl sites for hydroxylation is 2. The summed E-state index contributed by atoms with van der Waals surface area (Å²) in [5.74, 6) is -1.05. The molecule has 2 aromatic carbocycles. The molecule has 23 heavy (non-hydrogen) atoms. The van der Waals surface area contributed by atoms with Gasteiger partial charge in [-0.2, -0.15) is 0 Å². The zero-order chi connectivity index (χ0) is 16.4. The molecule has 0 unspecified atom stereocenters. The monoisotopic (exact) mass is 311 g/mol. The van der Waals surface area contributed by atoms with E-state index in [2.05, 4.69) is 15.6 Å². The van der Waals surface area contributed by atoms with Crippen molar-refractivity contribution in [2.24, 2.45) is 0 Å². The molecule has 0 radical (unpaired) electrons. The average molecular weight is 311 g/mol. The topological polar surface area (TPSA) is 68.0 Å². The Labute approximate surface area is 132 Å². The molecule has 0 atom stereocenters. The molecule has 3 aromatic rings. The Bertz CT molecular complexity index is 874. The van der Waals surface area contributed by atoms with Crippen LogP contribution in [-0.4, -0.2) is 16.2 Å². The van der Waals surface area contributed by atoms with Crippen molar-refractivity contribution in [2.45, 2.75) is 13.8 Å². The SMILES string of the molecule is Cc1ccc(C)c(-c2nonc2NC(=O)c2ccccc2F)c1. The molecule has 0 aliphatic rings. The quantitative estimate of drug-likeness (QED) is 0.800. The number of aromatic nitrogens is 2. The van der Waals surface area contributed by atoms with Gasteiger partial charge in [-0.05, 0) is 47.9 Å². The summed E-state index contributed by atoms with van der Waals surface area (Å²) in [6.07, 6.45) is 0. The van der Waals surface area contributed by atoms with E-state index >= 15 is 0 Å². The van der Waals surface area contributed by atoms with E-state index in [-0.39, 0.29) is 11.4 Å². The van der Waals surface area contributed by atoms with Crippen LogP contribution < -0.4 is 5.32 Å². The summed E-state index contributed by atoms with van der Waals surface area (Å²) in [5, 5.41) is 10.1. The van der Waals surface area contributed by atoms with E-state index in [1.807, 2.05) is 32.0 Å². The highest BCUT2D eigenvalue weighted by Crippen LogP contribution is 2.28. The molecule has 5 nitrogen and oxygen atoms in total. The first kappa shape index (κ1) is 14.9. The average Bonchev–Trinajstić information content (AvgIpc) is 2.98. The van der Waals surface area contributed by atoms with Gasteiger partial charge >= 0.3 is 0 Å². The van der Waals surface area contributed by atoms with Crippen LogP contribution in [0, 0.1) is 19.7 Å². The number of rotatable bonds is 3. The number of benzene rings is 2. The number of nitrogens with one attached hydrogen (secondary N) is 1. The summed E-state index contributed by atoms with van der Waals surface area (Å²) >= 11 is 0. The zero-order valence-corrected chi connectivity index (χ0v) is 12.6. The van der Waals surface area contributed by atoms with Gasteiger partial charge in [0.25, 0.3) is 5.91 Å². The van der Waals surface area contributed by atoms with Gasteiger partial charge in [0, 0.05) is 5.56 Å². The molecule has 0 aliphatic heterocycles. The molecule has 6 heteroatoms. The van der Waals surface area contributed by atoms with Gasteiger partial charge in [-0.25, -0.2) is 9.02 Å². The molecule has 1 N–H and O–H groups in total. The fourth-order valence-corrected chi connectivity index (χ4v) is 2.26. The summed E-state index contributed by atoms with van der Waals surface area (Å²) in [6, 6.07) is 11.6. The van der Waals surface area contributed by atoms with E-state index in [4.69, 9.17) is 4.63 Å². The smallest absolute Gasteiger partial charge is 0.259 e. The van der Waals surface area contributed by atoms with Crippen LogP contribution in [0.4, 0.5) is 10.2 Å². The van der Waals surface area contributed by atoms with E-state index in [9.17, 15) is 9.18 Å². The third-order valence-corrected chi connectivity index (χ3v) is 3.49. The Morgan fingerprint density at radius 2 is 1.91 bits per heavy atom. The summed E-state index contributed by atoms with van der Waals surface area (Å²) in [7, 11) is 0. The second kappa shape index (κ2) is 6.00. The lowest BCUT2D eigenvalue weighted by atomic mass is 10.0. The van der Waals surface area contributed by atoms with Gasteiger partial charge in [0.15, 0.2) is 5.69 Å². The molecular weight excluding hydrogens is 297 g/mol. The highest BCUT2D eigenvalue weighted by atomic mass is 19.1. The van der Waals surface area contributed by atoms with Crippen LogP contribution in [0.5, 0.6) is 0 Å². The first-order chi connectivity index (χ1) is 11.1. The van der Waals surface area contributed by atoms with Crippen LogP contribution >= 0.6 is 0 Å². The standard InChI is InChI=1S/C17H14FN3O2/c1-10-7-8-11(2)13(9-10)15-16(21-23-20-15)19-17(22)12-5-3-4-6-14(12)18/h3-9H,1-2H3,(H,19,21,22). The fraction of sp³-hybridized carbons (Fsp3) is 0.118. The van der Waals surface area contributed by atoms with Gasteiger partial charge in [0.1, 0.15) is 5.82 Å². The van der Waals surface area contributed by atoms with Crippen molar-refractivity contribution >= 4 is 11.7 Å². The molecule has 0 spiro atoms. The summed E-state index contributed by atoms with van der Waals surface area (Å²) < 4.78 is 18.4. The van der Waals surface area contributed by atoms with E-state index < -0.39 is 11.7 Å². The highest BCUT2D eigenvalue weighted by Gasteiger charge is 2.19. The van der Waals surface area contributed by atoms with Crippen LogP contribution in [0.25, 0.3) is 11.3 Å². The van der Waals surface area contributed by atoms with Crippen molar-refractivity contribution in [3.8, 4) is 11.3 Å². The summed E-state index contributed by atoms with van der Waals surface area (Å²) in [4.78, 5) is 12.2. The van der Waals surface area contributed by atoms with Gasteiger partial charge in [0.05, 0.1) is 5.56 Å². The van der Waals surface area contributed by atoms with Crippen molar-refractivity contribution in [3.63, 3.8) is 0 Å². The molecule has 1 amide bonds. The molecule has 0 fully saturated rings. The van der Waals surface area contributed by atoms with Gasteiger partial charge < -0.3 is 5.32 Å². The van der Waals surface area contributed by atoms with Gasteiger partial charge in [-0.15, -0.1) is 0 Å². The van der Waals surface area contributed by atoms with Crippen LogP contribution in [0.1, 0.15) is 21.5 Å². The first-order valence-corrected chi connectivity index (χ1v) is 7.02. The van der Waals surface area contributed by atoms with E-state index in [0.29, 0.717) is 5.69 Å². The van der Waals surface area contributed by atoms with E-state index in [1.54, 1.807) is 6.07 Å². The number of hydrogen-bond donors (Lipinski definition) is 1. The Hall–Kier alpha value is -3.02. The molecule has 116 valence electrons. The second-order valence-corrected chi connectivity index (χ2v) is 5.21. The van der Waals surface area contributed by atoms with Crippen molar-refractivity contribution < 1.29 is 13.8 Å². The largest absolute Gasteiger partial charge is 0.302 e. The highest BCUT2D eigenvalue weighted by molar-refractivity contribution is 6.05. The molecule has 0 aliphatic carbocycles. The van der Waals surface area contributed by atoms with Crippen molar-refractivity contribution in [2.75, 3.05) is 5.32 Å². The molecule has 0 bridgehead atoms. The molecule has 0 saturated heterocycles. The number of carbonyl (C=O) groups is 1. The lowest BCUT2D eigenvalue weighted by Crippen LogP contribution is -2.14. The van der Waals surface area contributed by atoms with Crippen molar-refractivity contribution in [1.82, 2.24) is 10.3 Å². The van der Waals surface area contributed by atoms with Crippen LogP contribution in [0.15, 0.2) is 47.1 Å². The maximum Gasteiger partial charge on any atom is 0.259 e. The summed E-state index contributed by atoms with van der Waals surface area (Å²) in [6.45, 7) is 3.87. The number of amides is 1. The van der Waals surface area contributed by atoms with E-state index in [1.165, 1.54) is 18.2 Å². The Balaban J connectivity index is 1.94. The van der Waals surface area contributed by atoms with Crippen LogP contribution in [0.2, 0.25) is 0 Å². The third kappa shape index (κ3) is 2.96. The van der Waals surface area contributed by atoms with Crippen LogP contribution in [-0.2, 0) is 0 Å². The molecule has 0 saturated carbocycles. The van der Waals surface area contributed by atoms with E-state index in [0.717, 1.165) is 16.7 Å². The summed E-state index contributed by atoms with van der Waals surface area (Å²) in [5.41, 5.74) is 3.15. The third-order valence-electron chi connectivity index (χ3n) is 3.49. The van der Waals surface area contributed by atoms with Gasteiger partial charge in [-0.1, -0.05) is 29.8 Å². The predicted octanol–water partition coefficient (Wildman–Crippen LogP) is 3.74. The number of halogens is 1. The lowest BCUT2D eigenvalue weighted by Gasteiger charge is -2.07. The van der Waals surface area contributed by atoms with Crippen LogP contribution in [0.3, 0.4) is 0 Å². The normalized spacial score (nSPS) is 10.6. The molecule has 1 heterocycles. The number of hydrogen-bond acceptors (Lipinski definition) is 4. The minimum absolute atomic E-state index is 0.0672. The minimum Gasteiger partial charge on any atom is -0.302 e. The predicted molar refractivity (Wildman–Crippen MR) is 83.6 cm³/mol. The number of nitrogens with zero attached hydrogens (tertiary/aromatic N) is 2. The fourth-order valence-electron chi connectivity index (χ4n) is 2.26. The molecule has 3 rings (SSSR count). The van der Waals surface area contributed by atoms with Gasteiger partial charge in [0.2, 0.25) is 5.82 Å². The van der Waals surface area contributed by atoms with Gasteiger partial charge in [-0.3, -0.25) is 4.79 Å². The Morgan fingerprint density at radius 3 is 2.70 bits per heavy atom.